The van der Waals surface area contributed by atoms with E-state index in [9.17, 15) is 9.59 Å². The Morgan fingerprint density at radius 1 is 1.23 bits per heavy atom. The maximum Gasteiger partial charge on any atom is 0.349 e. The van der Waals surface area contributed by atoms with Crippen molar-refractivity contribution in [3.63, 3.8) is 0 Å². The molecular formula is C15H17N7O3S. The quantitative estimate of drug-likeness (QED) is 0.633. The summed E-state index contributed by atoms with van der Waals surface area (Å²) >= 11 is 1.11. The number of nitrogen functional groups attached to an aromatic ring is 1. The summed E-state index contributed by atoms with van der Waals surface area (Å²) in [5.41, 5.74) is 5.91. The molecule has 0 aliphatic heterocycles. The van der Waals surface area contributed by atoms with E-state index in [0.29, 0.717) is 32.4 Å². The summed E-state index contributed by atoms with van der Waals surface area (Å²) in [5.74, 6) is 0.556. The first kappa shape index (κ1) is 17.7. The second-order valence-corrected chi connectivity index (χ2v) is 6.77. The number of nitrogens with zero attached hydrogens (tertiary/aromatic N) is 5. The van der Waals surface area contributed by atoms with Crippen molar-refractivity contribution >= 4 is 39.4 Å². The third-order valence-electron chi connectivity index (χ3n) is 3.52. The van der Waals surface area contributed by atoms with Gasteiger partial charge < -0.3 is 20.4 Å². The highest BCUT2D eigenvalue weighted by Crippen LogP contribution is 2.27. The van der Waals surface area contributed by atoms with Gasteiger partial charge >= 0.3 is 5.97 Å². The maximum absolute atomic E-state index is 12.4. The molecule has 10 nitrogen and oxygen atoms in total. The van der Waals surface area contributed by atoms with E-state index >= 15 is 0 Å². The molecule has 136 valence electrons. The average Bonchev–Trinajstić information content (AvgIpc) is 2.88. The monoisotopic (exact) mass is 375 g/mol. The topological polar surface area (TPSA) is 140 Å². The molecular weight excluding hydrogens is 358 g/mol. The molecule has 0 atom stereocenters. The van der Waals surface area contributed by atoms with Gasteiger partial charge in [-0.2, -0.15) is 15.0 Å². The molecule has 26 heavy (non-hydrogen) atoms. The Kier molecular flexibility index (Phi) is 4.55. The molecule has 0 unspecified atom stereocenters. The molecule has 0 fully saturated rings. The number of hydrogen-bond donors (Lipinski definition) is 2. The standard InChI is InChI=1S/C15H17N7O3S/c1-6-9-11(23)17-7(2)18-12(9)26-10(6)13(24)25-5-8-19-14(16)21-15(20-8)22(3)4/h5H2,1-4H3,(H,17,18,23)(H2,16,19,20,21). The van der Waals surface area contributed by atoms with Gasteiger partial charge in [0, 0.05) is 14.1 Å². The van der Waals surface area contributed by atoms with E-state index in [-0.39, 0.29) is 23.9 Å². The van der Waals surface area contributed by atoms with Gasteiger partial charge in [0.05, 0.1) is 5.39 Å². The van der Waals surface area contributed by atoms with Crippen molar-refractivity contribution in [2.75, 3.05) is 24.7 Å². The first-order valence-corrected chi connectivity index (χ1v) is 8.42. The number of nitrogens with two attached hydrogens (primary N) is 1. The predicted octanol–water partition coefficient (Wildman–Crippen LogP) is 0.792. The van der Waals surface area contributed by atoms with Gasteiger partial charge in [0.25, 0.3) is 5.56 Å². The molecule has 0 radical (unpaired) electrons. The Balaban J connectivity index is 1.85. The SMILES string of the molecule is Cc1nc2sc(C(=O)OCc3nc(N)nc(N(C)C)n3)c(C)c2c(=O)[nH]1. The molecule has 0 spiro atoms. The fourth-order valence-electron chi connectivity index (χ4n) is 2.33. The molecule has 3 N–H and O–H groups in total. The fraction of sp³-hybridized carbons (Fsp3) is 0.333. The number of H-pyrrole nitrogens is 1. The van der Waals surface area contributed by atoms with E-state index in [4.69, 9.17) is 10.5 Å². The van der Waals surface area contributed by atoms with Crippen molar-refractivity contribution in [3.05, 3.63) is 32.4 Å². The Morgan fingerprint density at radius 2 is 1.96 bits per heavy atom. The lowest BCUT2D eigenvalue weighted by Crippen LogP contribution is -2.17. The molecule has 0 aliphatic carbocycles. The van der Waals surface area contributed by atoms with Crippen LogP contribution < -0.4 is 16.2 Å². The number of carbonyl (C=O) groups excluding carboxylic acids is 1. The van der Waals surface area contributed by atoms with Crippen molar-refractivity contribution in [3.8, 4) is 0 Å². The minimum absolute atomic E-state index is 0.0407. The summed E-state index contributed by atoms with van der Waals surface area (Å²) < 4.78 is 5.29. The summed E-state index contributed by atoms with van der Waals surface area (Å²) in [5, 5.41) is 0.395. The Morgan fingerprint density at radius 3 is 2.65 bits per heavy atom. The van der Waals surface area contributed by atoms with E-state index in [2.05, 4.69) is 24.9 Å². The summed E-state index contributed by atoms with van der Waals surface area (Å²) in [7, 11) is 3.52. The van der Waals surface area contributed by atoms with Crippen LogP contribution in [-0.2, 0) is 11.3 Å². The van der Waals surface area contributed by atoms with Gasteiger partial charge in [-0.05, 0) is 19.4 Å². The van der Waals surface area contributed by atoms with Crippen LogP contribution >= 0.6 is 11.3 Å². The number of carbonyl (C=O) groups is 1. The van der Waals surface area contributed by atoms with E-state index in [1.807, 2.05) is 0 Å². The number of ether oxygens (including phenoxy) is 1. The molecule has 0 amide bonds. The van der Waals surface area contributed by atoms with Crippen LogP contribution in [0.15, 0.2) is 4.79 Å². The fourth-order valence-corrected chi connectivity index (χ4v) is 3.45. The van der Waals surface area contributed by atoms with Crippen molar-refractivity contribution in [2.24, 2.45) is 0 Å². The predicted molar refractivity (Wildman–Crippen MR) is 97.4 cm³/mol. The summed E-state index contributed by atoms with van der Waals surface area (Å²) in [6, 6.07) is 0. The lowest BCUT2D eigenvalue weighted by Gasteiger charge is -2.11. The number of fused-ring (bicyclic) bond motifs is 1. The first-order valence-electron chi connectivity index (χ1n) is 7.61. The highest BCUT2D eigenvalue weighted by atomic mass is 32.1. The number of aromatic amines is 1. The highest BCUT2D eigenvalue weighted by molar-refractivity contribution is 7.20. The van der Waals surface area contributed by atoms with Gasteiger partial charge in [0.1, 0.15) is 15.5 Å². The second kappa shape index (κ2) is 6.67. The molecule has 11 heteroatoms. The summed E-state index contributed by atoms with van der Waals surface area (Å²) in [6.07, 6.45) is 0. The molecule has 3 aromatic heterocycles. The van der Waals surface area contributed by atoms with Crippen molar-refractivity contribution in [2.45, 2.75) is 20.5 Å². The Hall–Kier alpha value is -3.08. The Labute approximate surface area is 152 Å². The largest absolute Gasteiger partial charge is 0.453 e. The number of rotatable bonds is 4. The number of thiophene rings is 1. The first-order chi connectivity index (χ1) is 12.3. The number of hydrogen-bond acceptors (Lipinski definition) is 10. The Bertz CT molecular complexity index is 1060. The number of aryl methyl sites for hydroxylation is 2. The number of esters is 1. The molecule has 0 bridgehead atoms. The zero-order valence-corrected chi connectivity index (χ0v) is 15.5. The molecule has 3 aromatic rings. The van der Waals surface area contributed by atoms with Crippen molar-refractivity contribution in [1.29, 1.82) is 0 Å². The minimum atomic E-state index is -0.576. The van der Waals surface area contributed by atoms with Crippen LogP contribution in [0.5, 0.6) is 0 Å². The highest BCUT2D eigenvalue weighted by Gasteiger charge is 2.20. The van der Waals surface area contributed by atoms with E-state index in [0.717, 1.165) is 11.3 Å². The molecule has 0 aliphatic rings. The van der Waals surface area contributed by atoms with E-state index in [1.165, 1.54) is 0 Å². The summed E-state index contributed by atoms with van der Waals surface area (Å²) in [6.45, 7) is 3.21. The van der Waals surface area contributed by atoms with Gasteiger partial charge in [0.2, 0.25) is 11.9 Å². The third-order valence-corrected chi connectivity index (χ3v) is 4.69. The van der Waals surface area contributed by atoms with E-state index in [1.54, 1.807) is 32.8 Å². The van der Waals surface area contributed by atoms with Crippen LogP contribution in [0.2, 0.25) is 0 Å². The molecule has 3 heterocycles. The van der Waals surface area contributed by atoms with Crippen LogP contribution in [0.25, 0.3) is 10.2 Å². The minimum Gasteiger partial charge on any atom is -0.453 e. The molecule has 3 rings (SSSR count). The lowest BCUT2D eigenvalue weighted by molar-refractivity contribution is 0.0467. The third kappa shape index (κ3) is 3.33. The van der Waals surface area contributed by atoms with Gasteiger partial charge in [-0.3, -0.25) is 4.79 Å². The normalized spacial score (nSPS) is 10.9. The van der Waals surface area contributed by atoms with E-state index < -0.39 is 5.97 Å². The maximum atomic E-state index is 12.4. The molecule has 0 saturated heterocycles. The zero-order chi connectivity index (χ0) is 19.0. The van der Waals surface area contributed by atoms with Gasteiger partial charge in [-0.25, -0.2) is 9.78 Å². The number of anilines is 2. The van der Waals surface area contributed by atoms with Crippen LogP contribution in [0.4, 0.5) is 11.9 Å². The number of nitrogens with one attached hydrogen (secondary N) is 1. The van der Waals surface area contributed by atoms with Crippen molar-refractivity contribution in [1.82, 2.24) is 24.9 Å². The van der Waals surface area contributed by atoms with Crippen LogP contribution in [-0.4, -0.2) is 45.0 Å². The van der Waals surface area contributed by atoms with Crippen LogP contribution in [0.3, 0.4) is 0 Å². The molecule has 0 aromatic carbocycles. The zero-order valence-electron chi connectivity index (χ0n) is 14.7. The average molecular weight is 375 g/mol. The second-order valence-electron chi connectivity index (χ2n) is 5.77. The molecule has 0 saturated carbocycles. The van der Waals surface area contributed by atoms with Crippen LogP contribution in [0.1, 0.15) is 26.9 Å². The van der Waals surface area contributed by atoms with Crippen LogP contribution in [0, 0.1) is 13.8 Å². The van der Waals surface area contributed by atoms with Crippen molar-refractivity contribution < 1.29 is 9.53 Å². The summed E-state index contributed by atoms with van der Waals surface area (Å²) in [4.78, 5) is 46.0. The van der Waals surface area contributed by atoms with Gasteiger partial charge in [-0.15, -0.1) is 11.3 Å². The smallest absolute Gasteiger partial charge is 0.349 e. The van der Waals surface area contributed by atoms with Gasteiger partial charge in [-0.1, -0.05) is 0 Å². The van der Waals surface area contributed by atoms with Gasteiger partial charge in [0.15, 0.2) is 12.4 Å². The number of aromatic nitrogens is 5. The lowest BCUT2D eigenvalue weighted by atomic mass is 10.2.